The molecular weight excluding hydrogens is 274 g/mol. The Morgan fingerprint density at radius 3 is 2.36 bits per heavy atom. The molecule has 0 fully saturated rings. The van der Waals surface area contributed by atoms with Crippen LogP contribution in [0.5, 0.6) is 0 Å². The van der Waals surface area contributed by atoms with Gasteiger partial charge in [-0.3, -0.25) is 9.79 Å². The van der Waals surface area contributed by atoms with Gasteiger partial charge in [-0.15, -0.1) is 0 Å². The fourth-order valence-corrected chi connectivity index (χ4v) is 2.81. The molecule has 0 amide bonds. The fourth-order valence-electron chi connectivity index (χ4n) is 2.81. The molecule has 1 aromatic carbocycles. The van der Waals surface area contributed by atoms with Crippen LogP contribution in [-0.4, -0.2) is 22.6 Å². The van der Waals surface area contributed by atoms with Crippen molar-refractivity contribution in [2.45, 2.75) is 52.5 Å². The van der Waals surface area contributed by atoms with Crippen molar-refractivity contribution >= 4 is 12.0 Å². The van der Waals surface area contributed by atoms with Gasteiger partial charge in [0.05, 0.1) is 11.1 Å². The van der Waals surface area contributed by atoms with Gasteiger partial charge < -0.3 is 5.11 Å². The van der Waals surface area contributed by atoms with Crippen LogP contribution in [-0.2, 0) is 4.79 Å². The highest BCUT2D eigenvalue weighted by Crippen LogP contribution is 2.47. The van der Waals surface area contributed by atoms with E-state index in [0.717, 1.165) is 5.56 Å². The van der Waals surface area contributed by atoms with Crippen molar-refractivity contribution in [3.8, 4) is 0 Å². The zero-order valence-corrected chi connectivity index (χ0v) is 14.1. The Morgan fingerprint density at radius 1 is 1.23 bits per heavy atom. The normalized spacial score (nSPS) is 22.4. The predicted molar refractivity (Wildman–Crippen MR) is 90.5 cm³/mol. The van der Waals surface area contributed by atoms with Crippen molar-refractivity contribution in [3.63, 3.8) is 0 Å². The van der Waals surface area contributed by atoms with Crippen molar-refractivity contribution in [1.29, 1.82) is 0 Å². The number of aliphatic imine (C=N–C) groups is 1. The molecule has 0 heterocycles. The first-order valence-corrected chi connectivity index (χ1v) is 7.70. The Morgan fingerprint density at radius 2 is 1.82 bits per heavy atom. The topological polar surface area (TPSA) is 49.7 Å². The molecule has 0 aromatic heterocycles. The number of ketones is 1. The third-order valence-electron chi connectivity index (χ3n) is 4.21. The van der Waals surface area contributed by atoms with Gasteiger partial charge in [-0.2, -0.15) is 0 Å². The number of carbonyl (C=O) groups is 1. The molecule has 0 saturated heterocycles. The number of hydrogen-bond acceptors (Lipinski definition) is 3. The molecule has 0 spiro atoms. The lowest BCUT2D eigenvalue weighted by atomic mass is 9.66. The maximum Gasteiger partial charge on any atom is 0.168 e. The zero-order valence-electron chi connectivity index (χ0n) is 14.1. The molecule has 1 aliphatic carbocycles. The highest BCUT2D eigenvalue weighted by Gasteiger charge is 2.42. The summed E-state index contributed by atoms with van der Waals surface area (Å²) in [5.74, 6) is 0.0808. The number of aliphatic hydroxyl groups excluding tert-OH is 1. The van der Waals surface area contributed by atoms with E-state index >= 15 is 0 Å². The number of Topliss-reactive ketones (excluding diaryl/α,β-unsaturated/α-hetero) is 1. The quantitative estimate of drug-likeness (QED) is 0.820. The molecule has 0 bridgehead atoms. The van der Waals surface area contributed by atoms with Crippen LogP contribution in [0.4, 0.5) is 0 Å². The monoisotopic (exact) mass is 299 g/mol. The molecule has 1 aliphatic rings. The molecule has 0 aliphatic heterocycles. The van der Waals surface area contributed by atoms with E-state index in [0.29, 0.717) is 12.0 Å². The maximum absolute atomic E-state index is 12.5. The summed E-state index contributed by atoms with van der Waals surface area (Å²) in [4.78, 5) is 16.9. The Bertz CT molecular complexity index is 619. The number of carbonyl (C=O) groups excluding carboxylic acids is 1. The second-order valence-electron chi connectivity index (χ2n) is 7.50. The molecule has 1 unspecified atom stereocenters. The van der Waals surface area contributed by atoms with Crippen LogP contribution in [0.25, 0.3) is 0 Å². The summed E-state index contributed by atoms with van der Waals surface area (Å²) in [7, 11) is 0. The second-order valence-corrected chi connectivity index (χ2v) is 7.50. The van der Waals surface area contributed by atoms with Gasteiger partial charge in [-0.1, -0.05) is 44.2 Å². The first kappa shape index (κ1) is 16.5. The molecule has 3 heteroatoms. The van der Waals surface area contributed by atoms with E-state index in [9.17, 15) is 9.90 Å². The molecule has 0 radical (unpaired) electrons. The van der Waals surface area contributed by atoms with Crippen LogP contribution in [0, 0.1) is 5.41 Å². The summed E-state index contributed by atoms with van der Waals surface area (Å²) in [6, 6.07) is 9.92. The van der Waals surface area contributed by atoms with Crippen molar-refractivity contribution < 1.29 is 9.90 Å². The molecule has 2 rings (SSSR count). The summed E-state index contributed by atoms with van der Waals surface area (Å²) < 4.78 is 0. The smallest absolute Gasteiger partial charge is 0.168 e. The molecular formula is C19H25NO2. The Labute approximate surface area is 132 Å². The SMILES string of the molecule is CC(C)(C)N=CC1=C(O)C(C)(C)C(c2ccccc2)CC1=O. The van der Waals surface area contributed by atoms with Crippen LogP contribution in [0.15, 0.2) is 46.7 Å². The fraction of sp³-hybridized carbons (Fsp3) is 0.474. The van der Waals surface area contributed by atoms with Gasteiger partial charge in [0.2, 0.25) is 0 Å². The van der Waals surface area contributed by atoms with E-state index in [-0.39, 0.29) is 23.0 Å². The predicted octanol–water partition coefficient (Wildman–Crippen LogP) is 4.45. The number of benzene rings is 1. The summed E-state index contributed by atoms with van der Waals surface area (Å²) in [5, 5.41) is 10.7. The van der Waals surface area contributed by atoms with Gasteiger partial charge in [0.25, 0.3) is 0 Å². The molecule has 118 valence electrons. The molecule has 3 nitrogen and oxygen atoms in total. The molecule has 0 saturated carbocycles. The second kappa shape index (κ2) is 5.71. The van der Waals surface area contributed by atoms with Crippen molar-refractivity contribution in [3.05, 3.63) is 47.2 Å². The number of nitrogens with zero attached hydrogens (tertiary/aromatic N) is 1. The zero-order chi connectivity index (χ0) is 16.5. The third kappa shape index (κ3) is 3.29. The van der Waals surface area contributed by atoms with E-state index < -0.39 is 5.41 Å². The first-order chi connectivity index (χ1) is 10.1. The standard InChI is InChI=1S/C19H25NO2/c1-18(2,3)20-12-14-16(21)11-15(19(4,5)17(14)22)13-9-7-6-8-10-13/h6-10,12,15,22H,11H2,1-5H3. The van der Waals surface area contributed by atoms with Crippen LogP contribution < -0.4 is 0 Å². The van der Waals surface area contributed by atoms with Gasteiger partial charge in [0.1, 0.15) is 5.76 Å². The van der Waals surface area contributed by atoms with E-state index in [1.165, 1.54) is 0 Å². The maximum atomic E-state index is 12.5. The van der Waals surface area contributed by atoms with Crippen LogP contribution >= 0.6 is 0 Å². The van der Waals surface area contributed by atoms with Gasteiger partial charge in [-0.05, 0) is 26.3 Å². The average molecular weight is 299 g/mol. The van der Waals surface area contributed by atoms with Crippen molar-refractivity contribution in [2.24, 2.45) is 10.4 Å². The minimum Gasteiger partial charge on any atom is -0.511 e. The first-order valence-electron chi connectivity index (χ1n) is 7.70. The van der Waals surface area contributed by atoms with Gasteiger partial charge in [0.15, 0.2) is 5.78 Å². The summed E-state index contributed by atoms with van der Waals surface area (Å²) in [6.07, 6.45) is 1.94. The largest absolute Gasteiger partial charge is 0.511 e. The molecule has 1 N–H and O–H groups in total. The van der Waals surface area contributed by atoms with Gasteiger partial charge in [-0.25, -0.2) is 0 Å². The summed E-state index contributed by atoms with van der Waals surface area (Å²) in [6.45, 7) is 9.86. The van der Waals surface area contributed by atoms with Crippen LogP contribution in [0.2, 0.25) is 0 Å². The highest BCUT2D eigenvalue weighted by molar-refractivity contribution is 6.14. The lowest BCUT2D eigenvalue weighted by molar-refractivity contribution is -0.117. The van der Waals surface area contributed by atoms with Crippen LogP contribution in [0.1, 0.15) is 52.5 Å². The van der Waals surface area contributed by atoms with E-state index in [1.807, 2.05) is 65.0 Å². The van der Waals surface area contributed by atoms with Gasteiger partial charge in [0, 0.05) is 24.0 Å². The lowest BCUT2D eigenvalue weighted by Crippen LogP contribution is -2.34. The minimum absolute atomic E-state index is 0.0204. The van der Waals surface area contributed by atoms with E-state index in [4.69, 9.17) is 0 Å². The minimum atomic E-state index is -0.492. The molecule has 1 aromatic rings. The summed E-state index contributed by atoms with van der Waals surface area (Å²) in [5.41, 5.74) is 0.675. The van der Waals surface area contributed by atoms with E-state index in [1.54, 1.807) is 6.21 Å². The highest BCUT2D eigenvalue weighted by atomic mass is 16.3. The van der Waals surface area contributed by atoms with Crippen molar-refractivity contribution in [2.75, 3.05) is 0 Å². The molecule has 1 atom stereocenters. The van der Waals surface area contributed by atoms with Crippen molar-refractivity contribution in [1.82, 2.24) is 0 Å². The number of rotatable bonds is 2. The number of aliphatic hydroxyl groups is 1. The average Bonchev–Trinajstić information content (AvgIpc) is 2.43. The number of allylic oxidation sites excluding steroid dienone is 2. The van der Waals surface area contributed by atoms with Gasteiger partial charge >= 0.3 is 0 Å². The summed E-state index contributed by atoms with van der Waals surface area (Å²) >= 11 is 0. The number of hydrogen-bond donors (Lipinski definition) is 1. The lowest BCUT2D eigenvalue weighted by Gasteiger charge is -2.38. The van der Waals surface area contributed by atoms with Crippen LogP contribution in [0.3, 0.4) is 0 Å². The Balaban J connectivity index is 2.44. The Kier molecular flexibility index (Phi) is 4.28. The Hall–Kier alpha value is -1.90. The third-order valence-corrected chi connectivity index (χ3v) is 4.21. The van der Waals surface area contributed by atoms with E-state index in [2.05, 4.69) is 4.99 Å². The molecule has 22 heavy (non-hydrogen) atoms.